The second-order valence-electron chi connectivity index (χ2n) is 7.05. The number of carbonyl (C=O) groups is 1. The average Bonchev–Trinajstić information content (AvgIpc) is 3.21. The van der Waals surface area contributed by atoms with Gasteiger partial charge in [-0.05, 0) is 35.9 Å². The molecule has 1 aromatic heterocycles. The largest absolute Gasteiger partial charge is 0.502 e. The maximum absolute atomic E-state index is 12.5. The van der Waals surface area contributed by atoms with E-state index in [1.54, 1.807) is 30.3 Å². The number of hydrazone groups is 1. The van der Waals surface area contributed by atoms with Gasteiger partial charge in [0, 0.05) is 17.5 Å². The molecule has 162 valence electrons. The summed E-state index contributed by atoms with van der Waals surface area (Å²) < 4.78 is 10.2. The Balaban J connectivity index is 1.47. The molecule has 0 radical (unpaired) electrons. The minimum absolute atomic E-state index is 0.101. The number of imidazole rings is 1. The number of ether oxygens (including phenoxy) is 2. The number of hydrogen-bond acceptors (Lipinski definition) is 6. The Morgan fingerprint density at radius 3 is 2.50 bits per heavy atom. The Bertz CT molecular complexity index is 1260. The van der Waals surface area contributed by atoms with Gasteiger partial charge in [-0.3, -0.25) is 4.79 Å². The van der Waals surface area contributed by atoms with Crippen LogP contribution in [-0.4, -0.2) is 41.4 Å². The number of amides is 1. The number of phenols is 1. The zero-order valence-corrected chi connectivity index (χ0v) is 17.6. The van der Waals surface area contributed by atoms with Gasteiger partial charge in [0.15, 0.2) is 11.5 Å². The fourth-order valence-electron chi connectivity index (χ4n) is 3.29. The second kappa shape index (κ2) is 9.22. The molecule has 0 unspecified atom stereocenters. The molecule has 0 saturated carbocycles. The predicted molar refractivity (Wildman–Crippen MR) is 122 cm³/mol. The molecule has 3 aromatic carbocycles. The summed E-state index contributed by atoms with van der Waals surface area (Å²) in [5, 5.41) is 14.0. The molecule has 1 amide bonds. The first-order chi connectivity index (χ1) is 15.6. The van der Waals surface area contributed by atoms with Gasteiger partial charge in [-0.1, -0.05) is 30.3 Å². The summed E-state index contributed by atoms with van der Waals surface area (Å²) in [6.07, 6.45) is 2.12. The van der Waals surface area contributed by atoms with Gasteiger partial charge in [0.05, 0.1) is 31.5 Å². The average molecular weight is 430 g/mol. The van der Waals surface area contributed by atoms with Crippen LogP contribution in [0.15, 0.2) is 65.8 Å². The molecule has 0 aliphatic rings. The van der Waals surface area contributed by atoms with Crippen LogP contribution in [0.25, 0.3) is 11.0 Å². The number of aromatic amines is 1. The lowest BCUT2D eigenvalue weighted by Crippen LogP contribution is -2.17. The highest BCUT2D eigenvalue weighted by Crippen LogP contribution is 2.36. The summed E-state index contributed by atoms with van der Waals surface area (Å²) in [7, 11) is 2.88. The van der Waals surface area contributed by atoms with Crippen molar-refractivity contribution < 1.29 is 19.4 Å². The van der Waals surface area contributed by atoms with Crippen molar-refractivity contribution in [3.05, 3.63) is 83.2 Å². The quantitative estimate of drug-likeness (QED) is 0.306. The fraction of sp³-hybridized carbons (Fsp3) is 0.125. The summed E-state index contributed by atoms with van der Waals surface area (Å²) in [6.45, 7) is 0. The first kappa shape index (κ1) is 20.9. The molecule has 8 nitrogen and oxygen atoms in total. The molecule has 32 heavy (non-hydrogen) atoms. The highest BCUT2D eigenvalue weighted by Gasteiger charge is 2.11. The molecular weight excluding hydrogens is 408 g/mol. The molecule has 0 aliphatic carbocycles. The van der Waals surface area contributed by atoms with Crippen LogP contribution in [0, 0.1) is 0 Å². The number of carbonyl (C=O) groups excluding carboxylic acids is 1. The van der Waals surface area contributed by atoms with Crippen LogP contribution in [0.3, 0.4) is 0 Å². The van der Waals surface area contributed by atoms with E-state index in [4.69, 9.17) is 9.47 Å². The van der Waals surface area contributed by atoms with Gasteiger partial charge in [0.2, 0.25) is 5.75 Å². The fourth-order valence-corrected chi connectivity index (χ4v) is 3.29. The Morgan fingerprint density at radius 2 is 1.81 bits per heavy atom. The number of methoxy groups -OCH3 is 2. The van der Waals surface area contributed by atoms with E-state index in [9.17, 15) is 9.90 Å². The summed E-state index contributed by atoms with van der Waals surface area (Å²) in [6, 6.07) is 18.5. The monoisotopic (exact) mass is 430 g/mol. The first-order valence-electron chi connectivity index (χ1n) is 9.88. The summed E-state index contributed by atoms with van der Waals surface area (Å²) in [4.78, 5) is 20.4. The number of aromatic nitrogens is 2. The van der Waals surface area contributed by atoms with E-state index in [0.29, 0.717) is 17.5 Å². The van der Waals surface area contributed by atoms with Crippen LogP contribution < -0.4 is 14.9 Å². The third-order valence-electron chi connectivity index (χ3n) is 4.89. The van der Waals surface area contributed by atoms with Gasteiger partial charge in [0.1, 0.15) is 5.82 Å². The topological polar surface area (TPSA) is 109 Å². The number of fused-ring (bicyclic) bond motifs is 1. The maximum Gasteiger partial charge on any atom is 0.271 e. The van der Waals surface area contributed by atoms with Crippen molar-refractivity contribution in [1.29, 1.82) is 0 Å². The lowest BCUT2D eigenvalue weighted by atomic mass is 10.1. The third kappa shape index (κ3) is 4.54. The smallest absolute Gasteiger partial charge is 0.271 e. The normalized spacial score (nSPS) is 11.1. The van der Waals surface area contributed by atoms with Gasteiger partial charge < -0.3 is 19.6 Å². The zero-order chi connectivity index (χ0) is 22.5. The third-order valence-corrected chi connectivity index (χ3v) is 4.89. The highest BCUT2D eigenvalue weighted by molar-refractivity contribution is 5.97. The summed E-state index contributed by atoms with van der Waals surface area (Å²) in [5.41, 5.74) is 6.26. The molecule has 0 atom stereocenters. The van der Waals surface area contributed by atoms with Crippen molar-refractivity contribution in [2.24, 2.45) is 5.10 Å². The SMILES string of the molecule is COc1cc(/C=N\NC(=O)c2ccc3nc(Cc4ccccc4)[nH]c3c2)cc(OC)c1O. The molecule has 3 N–H and O–H groups in total. The standard InChI is InChI=1S/C24H22N4O4/c1-31-20-10-16(11-21(32-2)23(20)29)14-25-28-24(30)17-8-9-18-19(13-17)27-22(26-18)12-15-6-4-3-5-7-15/h3-11,13-14,29H,12H2,1-2H3,(H,26,27)(H,28,30)/b25-14-. The molecule has 0 bridgehead atoms. The van der Waals surface area contributed by atoms with Crippen LogP contribution in [0.4, 0.5) is 0 Å². The van der Waals surface area contributed by atoms with Crippen LogP contribution in [0.2, 0.25) is 0 Å². The summed E-state index contributed by atoms with van der Waals surface area (Å²) in [5.74, 6) is 0.856. The van der Waals surface area contributed by atoms with Gasteiger partial charge >= 0.3 is 0 Å². The Labute approximate surface area is 184 Å². The van der Waals surface area contributed by atoms with Crippen LogP contribution in [-0.2, 0) is 6.42 Å². The van der Waals surface area contributed by atoms with Crippen molar-refractivity contribution in [2.45, 2.75) is 6.42 Å². The zero-order valence-electron chi connectivity index (χ0n) is 17.6. The Hall–Kier alpha value is -4.33. The number of aromatic hydroxyl groups is 1. The van der Waals surface area contributed by atoms with E-state index in [1.807, 2.05) is 30.3 Å². The predicted octanol–water partition coefficient (Wildman–Crippen LogP) is 3.64. The van der Waals surface area contributed by atoms with Crippen molar-refractivity contribution in [1.82, 2.24) is 15.4 Å². The Morgan fingerprint density at radius 1 is 1.09 bits per heavy atom. The molecule has 4 aromatic rings. The van der Waals surface area contributed by atoms with E-state index in [0.717, 1.165) is 22.4 Å². The number of nitrogens with zero attached hydrogens (tertiary/aromatic N) is 2. The van der Waals surface area contributed by atoms with E-state index in [1.165, 1.54) is 20.4 Å². The Kier molecular flexibility index (Phi) is 6.03. The number of H-pyrrole nitrogens is 1. The van der Waals surface area contributed by atoms with Gasteiger partial charge in [0.25, 0.3) is 5.91 Å². The molecule has 0 fully saturated rings. The van der Waals surface area contributed by atoms with Crippen LogP contribution >= 0.6 is 0 Å². The van der Waals surface area contributed by atoms with Crippen molar-refractivity contribution >= 4 is 23.2 Å². The first-order valence-corrected chi connectivity index (χ1v) is 9.88. The highest BCUT2D eigenvalue weighted by atomic mass is 16.5. The molecular formula is C24H22N4O4. The van der Waals surface area contributed by atoms with Gasteiger partial charge in [-0.2, -0.15) is 5.10 Å². The van der Waals surface area contributed by atoms with E-state index in [2.05, 4.69) is 20.5 Å². The minimum atomic E-state index is -0.361. The van der Waals surface area contributed by atoms with Crippen molar-refractivity contribution in [3.8, 4) is 17.2 Å². The molecule has 0 saturated heterocycles. The maximum atomic E-state index is 12.5. The number of hydrogen-bond donors (Lipinski definition) is 3. The van der Waals surface area contributed by atoms with Crippen LogP contribution in [0.5, 0.6) is 17.2 Å². The molecule has 4 rings (SSSR count). The lowest BCUT2D eigenvalue weighted by Gasteiger charge is -2.09. The number of nitrogens with one attached hydrogen (secondary N) is 2. The number of benzene rings is 3. The molecule has 0 aliphatic heterocycles. The van der Waals surface area contributed by atoms with Crippen LogP contribution in [0.1, 0.15) is 27.3 Å². The van der Waals surface area contributed by atoms with Gasteiger partial charge in [-0.25, -0.2) is 10.4 Å². The number of phenolic OH excluding ortho intramolecular Hbond substituents is 1. The second-order valence-corrected chi connectivity index (χ2v) is 7.05. The molecule has 1 heterocycles. The van der Waals surface area contributed by atoms with E-state index in [-0.39, 0.29) is 23.2 Å². The van der Waals surface area contributed by atoms with E-state index >= 15 is 0 Å². The summed E-state index contributed by atoms with van der Waals surface area (Å²) >= 11 is 0. The minimum Gasteiger partial charge on any atom is -0.502 e. The lowest BCUT2D eigenvalue weighted by molar-refractivity contribution is 0.0955. The van der Waals surface area contributed by atoms with Gasteiger partial charge in [-0.15, -0.1) is 0 Å². The molecule has 8 heteroatoms. The van der Waals surface area contributed by atoms with Crippen molar-refractivity contribution in [2.75, 3.05) is 14.2 Å². The van der Waals surface area contributed by atoms with Crippen molar-refractivity contribution in [3.63, 3.8) is 0 Å². The van der Waals surface area contributed by atoms with E-state index < -0.39 is 0 Å². The molecule has 0 spiro atoms. The number of rotatable bonds is 7.